The lowest BCUT2D eigenvalue weighted by Crippen LogP contribution is -2.48. The van der Waals surface area contributed by atoms with Crippen LogP contribution in [0.4, 0.5) is 4.39 Å². The normalized spacial score (nSPS) is 18.4. The number of nitrogens with zero attached hydrogens (tertiary/aromatic N) is 3. The summed E-state index contributed by atoms with van der Waals surface area (Å²) in [6.07, 6.45) is -0.420. The molecule has 41 heavy (non-hydrogen) atoms. The monoisotopic (exact) mass is 557 g/mol. The second-order valence-electron chi connectivity index (χ2n) is 11.0. The van der Waals surface area contributed by atoms with Crippen molar-refractivity contribution in [2.45, 2.75) is 32.6 Å². The first-order chi connectivity index (χ1) is 19.7. The fourth-order valence-electron chi connectivity index (χ4n) is 5.69. The third-order valence-electron chi connectivity index (χ3n) is 8.12. The van der Waals surface area contributed by atoms with E-state index in [0.29, 0.717) is 17.8 Å². The second kappa shape index (κ2) is 11.8. The number of carbonyl (C=O) groups excluding carboxylic acids is 2. The molecule has 2 heterocycles. The fraction of sp³-hybridized carbons (Fsp3) is 0.333. The van der Waals surface area contributed by atoms with E-state index < -0.39 is 18.0 Å². The van der Waals surface area contributed by atoms with Gasteiger partial charge in [-0.2, -0.15) is 0 Å². The maximum atomic E-state index is 14.4. The SMILES string of the molecule is C[C@H](CO)N1C[C@H](C)[C@H](CN(C)C(=O)c2ccc(F)cc2)OCc2ccccc2-c2c(n(C)c3ccccc23)C1=O. The summed E-state index contributed by atoms with van der Waals surface area (Å²) >= 11 is 0. The summed E-state index contributed by atoms with van der Waals surface area (Å²) < 4.78 is 21.9. The zero-order valence-electron chi connectivity index (χ0n) is 23.9. The largest absolute Gasteiger partial charge is 0.394 e. The number of likely N-dealkylation sites (N-methyl/N-ethyl adjacent to an activating group) is 1. The Labute approximate surface area is 239 Å². The average Bonchev–Trinajstić information content (AvgIpc) is 3.28. The minimum absolute atomic E-state index is 0.168. The van der Waals surface area contributed by atoms with E-state index in [1.165, 1.54) is 24.3 Å². The number of rotatable bonds is 5. The van der Waals surface area contributed by atoms with Gasteiger partial charge in [0.2, 0.25) is 0 Å². The maximum absolute atomic E-state index is 14.4. The highest BCUT2D eigenvalue weighted by molar-refractivity contribution is 6.10. The molecule has 0 aliphatic carbocycles. The molecule has 4 aromatic rings. The third kappa shape index (κ3) is 5.49. The van der Waals surface area contributed by atoms with Crippen molar-refractivity contribution in [1.29, 1.82) is 0 Å². The molecule has 1 aromatic heterocycles. The smallest absolute Gasteiger partial charge is 0.271 e. The predicted molar refractivity (Wildman–Crippen MR) is 157 cm³/mol. The first kappa shape index (κ1) is 28.5. The Morgan fingerprint density at radius 1 is 1.10 bits per heavy atom. The highest BCUT2D eigenvalue weighted by Crippen LogP contribution is 2.38. The van der Waals surface area contributed by atoms with Gasteiger partial charge in [-0.1, -0.05) is 49.4 Å². The second-order valence-corrected chi connectivity index (χ2v) is 11.0. The number of hydrogen-bond donors (Lipinski definition) is 1. The van der Waals surface area contributed by atoms with Crippen LogP contribution in [-0.4, -0.2) is 70.2 Å². The lowest BCUT2D eigenvalue weighted by atomic mass is 9.96. The molecule has 5 rings (SSSR count). The molecule has 0 spiro atoms. The molecule has 2 amide bonds. The van der Waals surface area contributed by atoms with Crippen molar-refractivity contribution < 1.29 is 23.8 Å². The van der Waals surface area contributed by atoms with E-state index in [4.69, 9.17) is 4.74 Å². The van der Waals surface area contributed by atoms with Gasteiger partial charge >= 0.3 is 0 Å². The molecular weight excluding hydrogens is 521 g/mol. The van der Waals surface area contributed by atoms with Crippen molar-refractivity contribution >= 4 is 22.7 Å². The summed E-state index contributed by atoms with van der Waals surface area (Å²) in [6.45, 7) is 4.52. The fourth-order valence-corrected chi connectivity index (χ4v) is 5.69. The van der Waals surface area contributed by atoms with Crippen LogP contribution >= 0.6 is 0 Å². The van der Waals surface area contributed by atoms with Crippen molar-refractivity contribution in [3.8, 4) is 11.1 Å². The molecule has 1 aliphatic rings. The Kier molecular flexibility index (Phi) is 8.24. The first-order valence-corrected chi connectivity index (χ1v) is 13.9. The van der Waals surface area contributed by atoms with Gasteiger partial charge in [0.15, 0.2) is 0 Å². The van der Waals surface area contributed by atoms with Crippen LogP contribution in [0.3, 0.4) is 0 Å². The Morgan fingerprint density at radius 3 is 2.51 bits per heavy atom. The molecule has 3 atom stereocenters. The lowest BCUT2D eigenvalue weighted by Gasteiger charge is -2.35. The van der Waals surface area contributed by atoms with Gasteiger partial charge in [-0.15, -0.1) is 0 Å². The van der Waals surface area contributed by atoms with Crippen LogP contribution in [0.1, 0.15) is 40.3 Å². The Hall–Kier alpha value is -4.01. The third-order valence-corrected chi connectivity index (χ3v) is 8.12. The molecule has 0 radical (unpaired) electrons. The first-order valence-electron chi connectivity index (χ1n) is 13.9. The van der Waals surface area contributed by atoms with E-state index in [1.54, 1.807) is 16.8 Å². The van der Waals surface area contributed by atoms with E-state index in [0.717, 1.165) is 27.6 Å². The molecule has 0 saturated carbocycles. The van der Waals surface area contributed by atoms with Crippen LogP contribution in [0.2, 0.25) is 0 Å². The Bertz CT molecular complexity index is 1560. The highest BCUT2D eigenvalue weighted by Gasteiger charge is 2.34. The van der Waals surface area contributed by atoms with Gasteiger partial charge in [-0.3, -0.25) is 9.59 Å². The van der Waals surface area contributed by atoms with E-state index in [2.05, 4.69) is 0 Å². The van der Waals surface area contributed by atoms with E-state index >= 15 is 0 Å². The Balaban J connectivity index is 1.58. The molecule has 0 bridgehead atoms. The molecule has 1 N–H and O–H groups in total. The predicted octanol–water partition coefficient (Wildman–Crippen LogP) is 5.11. The van der Waals surface area contributed by atoms with Gasteiger partial charge in [0.1, 0.15) is 11.5 Å². The number of aromatic nitrogens is 1. The summed E-state index contributed by atoms with van der Waals surface area (Å²) in [5, 5.41) is 11.1. The summed E-state index contributed by atoms with van der Waals surface area (Å²) in [7, 11) is 3.60. The number of carbonyl (C=O) groups is 2. The molecule has 8 heteroatoms. The number of fused-ring (bicyclic) bond motifs is 5. The highest BCUT2D eigenvalue weighted by atomic mass is 19.1. The quantitative estimate of drug-likeness (QED) is 0.370. The Morgan fingerprint density at radius 2 is 1.78 bits per heavy atom. The van der Waals surface area contributed by atoms with Crippen LogP contribution < -0.4 is 0 Å². The number of aliphatic hydroxyl groups is 1. The number of ether oxygens (including phenoxy) is 1. The van der Waals surface area contributed by atoms with Gasteiger partial charge in [0.05, 0.1) is 25.4 Å². The van der Waals surface area contributed by atoms with E-state index in [1.807, 2.05) is 74.0 Å². The van der Waals surface area contributed by atoms with Crippen LogP contribution in [-0.2, 0) is 18.4 Å². The van der Waals surface area contributed by atoms with E-state index in [-0.39, 0.29) is 37.5 Å². The number of aliphatic hydroxyl groups excluding tert-OH is 1. The zero-order valence-corrected chi connectivity index (χ0v) is 23.9. The van der Waals surface area contributed by atoms with Crippen molar-refractivity contribution in [1.82, 2.24) is 14.4 Å². The minimum atomic E-state index is -0.439. The van der Waals surface area contributed by atoms with Crippen LogP contribution in [0.25, 0.3) is 22.0 Å². The van der Waals surface area contributed by atoms with Crippen molar-refractivity contribution in [3.05, 3.63) is 95.4 Å². The van der Waals surface area contributed by atoms with Crippen LogP contribution in [0.15, 0.2) is 72.8 Å². The zero-order chi connectivity index (χ0) is 29.3. The van der Waals surface area contributed by atoms with Gasteiger partial charge < -0.3 is 24.2 Å². The standard InChI is InChI=1S/C33H36FN3O4/c1-21-17-37(22(2)19-38)33(40)31-30(27-11-7-8-12-28(27)36(31)4)26-10-6-5-9-24(26)20-41-29(21)18-35(3)32(39)23-13-15-25(34)16-14-23/h5-16,21-22,29,38H,17-20H2,1-4H3/t21-,22+,29-/m0/s1. The van der Waals surface area contributed by atoms with Crippen molar-refractivity contribution in [2.75, 3.05) is 26.7 Å². The molecule has 0 saturated heterocycles. The molecule has 3 aromatic carbocycles. The average molecular weight is 558 g/mol. The summed E-state index contributed by atoms with van der Waals surface area (Å²) in [6, 6.07) is 20.9. The number of hydrogen-bond acceptors (Lipinski definition) is 4. The lowest BCUT2D eigenvalue weighted by molar-refractivity contribution is -0.0210. The molecule has 0 unspecified atom stereocenters. The molecule has 1 aliphatic heterocycles. The summed E-state index contributed by atoms with van der Waals surface area (Å²) in [5.41, 5.74) is 4.59. The van der Waals surface area contributed by atoms with Crippen molar-refractivity contribution in [3.63, 3.8) is 0 Å². The van der Waals surface area contributed by atoms with Gasteiger partial charge in [-0.05, 0) is 48.4 Å². The molecular formula is C33H36FN3O4. The van der Waals surface area contributed by atoms with Gasteiger partial charge in [-0.25, -0.2) is 4.39 Å². The number of aryl methyl sites for hydroxylation is 1. The number of benzene rings is 3. The summed E-state index contributed by atoms with van der Waals surface area (Å²) in [5.74, 6) is -0.996. The maximum Gasteiger partial charge on any atom is 0.271 e. The molecule has 0 fully saturated rings. The number of halogens is 1. The number of amides is 2. The van der Waals surface area contributed by atoms with E-state index in [9.17, 15) is 19.1 Å². The summed E-state index contributed by atoms with van der Waals surface area (Å²) in [4.78, 5) is 30.9. The number of para-hydroxylation sites is 1. The van der Waals surface area contributed by atoms with Crippen molar-refractivity contribution in [2.24, 2.45) is 13.0 Å². The van der Waals surface area contributed by atoms with Crippen LogP contribution in [0, 0.1) is 11.7 Å². The van der Waals surface area contributed by atoms with Gasteiger partial charge in [0.25, 0.3) is 11.8 Å². The molecule has 7 nitrogen and oxygen atoms in total. The van der Waals surface area contributed by atoms with Crippen LogP contribution in [0.5, 0.6) is 0 Å². The van der Waals surface area contributed by atoms with Gasteiger partial charge in [0, 0.05) is 55.1 Å². The molecule has 214 valence electrons. The minimum Gasteiger partial charge on any atom is -0.394 e. The topological polar surface area (TPSA) is 75.0 Å².